The van der Waals surface area contributed by atoms with E-state index < -0.39 is 0 Å². The molecule has 2 nitrogen and oxygen atoms in total. The Morgan fingerprint density at radius 1 is 1.33 bits per heavy atom. The highest BCUT2D eigenvalue weighted by atomic mass is 16.5. The molecule has 2 heteroatoms. The molecule has 18 heavy (non-hydrogen) atoms. The number of ether oxygens (including phenoxy) is 1. The molecule has 1 heterocycles. The SMILES string of the molecule is CCCC1CC(Nc2cc(C)ccc2C)CCO1. The summed E-state index contributed by atoms with van der Waals surface area (Å²) in [4.78, 5) is 0. The van der Waals surface area contributed by atoms with Crippen molar-refractivity contribution in [3.05, 3.63) is 29.3 Å². The number of aryl methyl sites for hydroxylation is 2. The Kier molecular flexibility index (Phi) is 4.65. The van der Waals surface area contributed by atoms with E-state index in [2.05, 4.69) is 44.3 Å². The highest BCUT2D eigenvalue weighted by Gasteiger charge is 2.22. The first-order valence-corrected chi connectivity index (χ1v) is 7.14. The zero-order valence-corrected chi connectivity index (χ0v) is 11.8. The van der Waals surface area contributed by atoms with Gasteiger partial charge in [-0.25, -0.2) is 0 Å². The van der Waals surface area contributed by atoms with E-state index in [-0.39, 0.29) is 0 Å². The van der Waals surface area contributed by atoms with Crippen LogP contribution in [0.1, 0.15) is 43.7 Å². The summed E-state index contributed by atoms with van der Waals surface area (Å²) in [5.41, 5.74) is 3.94. The summed E-state index contributed by atoms with van der Waals surface area (Å²) < 4.78 is 5.80. The Morgan fingerprint density at radius 2 is 2.17 bits per heavy atom. The lowest BCUT2D eigenvalue weighted by Crippen LogP contribution is -2.34. The van der Waals surface area contributed by atoms with Gasteiger partial charge in [0.25, 0.3) is 0 Å². The molecule has 1 aliphatic rings. The van der Waals surface area contributed by atoms with Crippen molar-refractivity contribution in [2.24, 2.45) is 0 Å². The third-order valence-electron chi connectivity index (χ3n) is 3.73. The number of anilines is 1. The number of rotatable bonds is 4. The van der Waals surface area contributed by atoms with Gasteiger partial charge in [-0.2, -0.15) is 0 Å². The number of hydrogen-bond donors (Lipinski definition) is 1. The molecule has 1 aromatic carbocycles. The Hall–Kier alpha value is -1.02. The smallest absolute Gasteiger partial charge is 0.0594 e. The van der Waals surface area contributed by atoms with Crippen LogP contribution >= 0.6 is 0 Å². The fourth-order valence-electron chi connectivity index (χ4n) is 2.65. The quantitative estimate of drug-likeness (QED) is 0.866. The van der Waals surface area contributed by atoms with Crippen LogP contribution < -0.4 is 5.32 Å². The van der Waals surface area contributed by atoms with Crippen molar-refractivity contribution >= 4 is 5.69 Å². The highest BCUT2D eigenvalue weighted by molar-refractivity contribution is 5.53. The van der Waals surface area contributed by atoms with Gasteiger partial charge in [0.05, 0.1) is 6.10 Å². The Bertz CT molecular complexity index is 387. The third kappa shape index (κ3) is 3.49. The van der Waals surface area contributed by atoms with E-state index in [1.54, 1.807) is 0 Å². The monoisotopic (exact) mass is 247 g/mol. The highest BCUT2D eigenvalue weighted by Crippen LogP contribution is 2.24. The molecule has 2 atom stereocenters. The fraction of sp³-hybridized carbons (Fsp3) is 0.625. The van der Waals surface area contributed by atoms with Gasteiger partial charge in [0.2, 0.25) is 0 Å². The lowest BCUT2D eigenvalue weighted by molar-refractivity contribution is 0.00597. The van der Waals surface area contributed by atoms with E-state index in [4.69, 9.17) is 4.74 Å². The normalized spacial score (nSPS) is 23.9. The van der Waals surface area contributed by atoms with Crippen LogP contribution in [0.3, 0.4) is 0 Å². The summed E-state index contributed by atoms with van der Waals surface area (Å²) in [6.45, 7) is 7.44. The average Bonchev–Trinajstić information content (AvgIpc) is 2.35. The van der Waals surface area contributed by atoms with Gasteiger partial charge in [0, 0.05) is 18.3 Å². The summed E-state index contributed by atoms with van der Waals surface area (Å²) in [5, 5.41) is 3.70. The zero-order valence-electron chi connectivity index (χ0n) is 11.8. The molecule has 1 N–H and O–H groups in total. The molecule has 0 amide bonds. The standard InChI is InChI=1S/C16H25NO/c1-4-5-15-11-14(8-9-18-15)17-16-10-12(2)6-7-13(16)3/h6-7,10,14-15,17H,4-5,8-9,11H2,1-3H3. The summed E-state index contributed by atoms with van der Waals surface area (Å²) in [6.07, 6.45) is 5.10. The van der Waals surface area contributed by atoms with E-state index >= 15 is 0 Å². The van der Waals surface area contributed by atoms with Gasteiger partial charge in [0.1, 0.15) is 0 Å². The molecule has 100 valence electrons. The van der Waals surface area contributed by atoms with Crippen molar-refractivity contribution in [3.63, 3.8) is 0 Å². The van der Waals surface area contributed by atoms with Crippen molar-refractivity contribution < 1.29 is 4.74 Å². The van der Waals surface area contributed by atoms with Crippen LogP contribution in [0.5, 0.6) is 0 Å². The largest absolute Gasteiger partial charge is 0.382 e. The summed E-state index contributed by atoms with van der Waals surface area (Å²) >= 11 is 0. The fourth-order valence-corrected chi connectivity index (χ4v) is 2.65. The van der Waals surface area contributed by atoms with E-state index in [1.165, 1.54) is 29.7 Å². The molecular formula is C16H25NO. The lowest BCUT2D eigenvalue weighted by atomic mass is 9.99. The van der Waals surface area contributed by atoms with Crippen molar-refractivity contribution in [2.75, 3.05) is 11.9 Å². The molecular weight excluding hydrogens is 222 g/mol. The topological polar surface area (TPSA) is 21.3 Å². The van der Waals surface area contributed by atoms with Crippen LogP contribution in [0, 0.1) is 13.8 Å². The van der Waals surface area contributed by atoms with E-state index in [0.717, 1.165) is 19.4 Å². The summed E-state index contributed by atoms with van der Waals surface area (Å²) in [7, 11) is 0. The van der Waals surface area contributed by atoms with Gasteiger partial charge in [-0.3, -0.25) is 0 Å². The molecule has 1 aromatic rings. The van der Waals surface area contributed by atoms with Gasteiger partial charge >= 0.3 is 0 Å². The second-order valence-corrected chi connectivity index (χ2v) is 5.47. The Labute approximate surface area is 111 Å². The van der Waals surface area contributed by atoms with E-state index in [0.29, 0.717) is 12.1 Å². The molecule has 2 rings (SSSR count). The molecule has 0 aromatic heterocycles. The van der Waals surface area contributed by atoms with Gasteiger partial charge in [-0.05, 0) is 50.3 Å². The second-order valence-electron chi connectivity index (χ2n) is 5.47. The minimum Gasteiger partial charge on any atom is -0.382 e. The van der Waals surface area contributed by atoms with Gasteiger partial charge in [-0.15, -0.1) is 0 Å². The van der Waals surface area contributed by atoms with Crippen LogP contribution in [-0.4, -0.2) is 18.8 Å². The molecule has 0 bridgehead atoms. The van der Waals surface area contributed by atoms with E-state index in [9.17, 15) is 0 Å². The van der Waals surface area contributed by atoms with E-state index in [1.807, 2.05) is 0 Å². The van der Waals surface area contributed by atoms with Gasteiger partial charge in [0.15, 0.2) is 0 Å². The minimum atomic E-state index is 0.450. The molecule has 0 saturated carbocycles. The van der Waals surface area contributed by atoms with Gasteiger partial charge < -0.3 is 10.1 Å². The van der Waals surface area contributed by atoms with Gasteiger partial charge in [-0.1, -0.05) is 25.5 Å². The Balaban J connectivity index is 1.98. The Morgan fingerprint density at radius 3 is 2.94 bits per heavy atom. The van der Waals surface area contributed by atoms with Crippen LogP contribution in [0.4, 0.5) is 5.69 Å². The molecule has 0 aliphatic carbocycles. The zero-order chi connectivity index (χ0) is 13.0. The molecule has 1 aliphatic heterocycles. The number of benzene rings is 1. The summed E-state index contributed by atoms with van der Waals surface area (Å²) in [5.74, 6) is 0. The first-order valence-electron chi connectivity index (χ1n) is 7.14. The van der Waals surface area contributed by atoms with Crippen LogP contribution in [-0.2, 0) is 4.74 Å². The predicted octanol–water partition coefficient (Wildman–Crippen LogP) is 4.06. The predicted molar refractivity (Wildman–Crippen MR) is 77.2 cm³/mol. The van der Waals surface area contributed by atoms with Crippen molar-refractivity contribution in [1.29, 1.82) is 0 Å². The lowest BCUT2D eigenvalue weighted by Gasteiger charge is -2.31. The maximum absolute atomic E-state index is 5.80. The van der Waals surface area contributed by atoms with Crippen LogP contribution in [0.15, 0.2) is 18.2 Å². The molecule has 1 fully saturated rings. The molecule has 1 saturated heterocycles. The first kappa shape index (κ1) is 13.4. The van der Waals surface area contributed by atoms with Crippen LogP contribution in [0.2, 0.25) is 0 Å². The molecule has 0 radical (unpaired) electrons. The molecule has 0 spiro atoms. The number of nitrogens with one attached hydrogen (secondary N) is 1. The maximum atomic E-state index is 5.80. The number of hydrogen-bond acceptors (Lipinski definition) is 2. The van der Waals surface area contributed by atoms with Crippen LogP contribution in [0.25, 0.3) is 0 Å². The third-order valence-corrected chi connectivity index (χ3v) is 3.73. The van der Waals surface area contributed by atoms with Crippen molar-refractivity contribution in [2.45, 2.75) is 58.6 Å². The maximum Gasteiger partial charge on any atom is 0.0594 e. The minimum absolute atomic E-state index is 0.450. The molecule has 2 unspecified atom stereocenters. The van der Waals surface area contributed by atoms with Crippen molar-refractivity contribution in [3.8, 4) is 0 Å². The average molecular weight is 247 g/mol. The second kappa shape index (κ2) is 6.24. The first-order chi connectivity index (χ1) is 8.69. The summed E-state index contributed by atoms with van der Waals surface area (Å²) in [6, 6.07) is 7.18. The van der Waals surface area contributed by atoms with Crippen molar-refractivity contribution in [1.82, 2.24) is 0 Å².